The molecule has 0 aromatic rings. The second-order valence-electron chi connectivity index (χ2n) is 14.8. The highest BCUT2D eigenvalue weighted by Crippen LogP contribution is 2.63. The maximum atomic E-state index is 11.7. The summed E-state index contributed by atoms with van der Waals surface area (Å²) in [5.74, 6) is 0.202. The topological polar surface area (TPSA) is 179 Å². The van der Waals surface area contributed by atoms with Gasteiger partial charge < -0.3 is 54.7 Å². The molecular weight excluding hydrogens is 560 g/mol. The van der Waals surface area contributed by atoms with Crippen LogP contribution in [0.5, 0.6) is 0 Å². The maximum Gasteiger partial charge on any atom is 0.187 e. The average molecular weight is 617 g/mol. The van der Waals surface area contributed by atoms with Crippen molar-refractivity contribution in [2.24, 2.45) is 22.7 Å². The highest BCUT2D eigenvalue weighted by Gasteiger charge is 2.59. The van der Waals surface area contributed by atoms with E-state index in [9.17, 15) is 35.7 Å². The van der Waals surface area contributed by atoms with Crippen LogP contribution in [0.25, 0.3) is 0 Å². The number of hydrogen-bond donors (Lipinski definition) is 7. The third kappa shape index (κ3) is 6.60. The molecule has 2 aliphatic heterocycles. The van der Waals surface area contributed by atoms with E-state index >= 15 is 0 Å². The Morgan fingerprint density at radius 1 is 0.884 bits per heavy atom. The average Bonchev–Trinajstić information content (AvgIpc) is 2.94. The third-order valence-electron chi connectivity index (χ3n) is 11.6. The van der Waals surface area contributed by atoms with Crippen molar-refractivity contribution in [1.29, 1.82) is 0 Å². The molecule has 2 heterocycles. The quantitative estimate of drug-likeness (QED) is 0.186. The van der Waals surface area contributed by atoms with Crippen LogP contribution in [0, 0.1) is 22.7 Å². The molecule has 0 radical (unpaired) electrons. The molecule has 4 rings (SSSR count). The molecule has 7 N–H and O–H groups in total. The molecule has 2 aliphatic carbocycles. The second kappa shape index (κ2) is 12.8. The van der Waals surface area contributed by atoms with Gasteiger partial charge in [-0.05, 0) is 88.9 Å². The van der Waals surface area contributed by atoms with Crippen LogP contribution in [0.4, 0.5) is 0 Å². The minimum absolute atomic E-state index is 0.0707. The van der Waals surface area contributed by atoms with Gasteiger partial charge in [-0.15, -0.1) is 6.58 Å². The Morgan fingerprint density at radius 3 is 2.09 bits per heavy atom. The van der Waals surface area contributed by atoms with Gasteiger partial charge in [0.1, 0.15) is 36.6 Å². The van der Waals surface area contributed by atoms with Gasteiger partial charge >= 0.3 is 0 Å². The first kappa shape index (κ1) is 35.2. The smallest absolute Gasteiger partial charge is 0.187 e. The molecule has 0 aromatic carbocycles. The summed E-state index contributed by atoms with van der Waals surface area (Å²) >= 11 is 0. The van der Waals surface area contributed by atoms with Crippen LogP contribution in [0.1, 0.15) is 86.5 Å². The van der Waals surface area contributed by atoms with Crippen LogP contribution in [0.15, 0.2) is 12.7 Å². The lowest BCUT2D eigenvalue weighted by molar-refractivity contribution is -0.370. The van der Waals surface area contributed by atoms with E-state index in [0.29, 0.717) is 19.3 Å². The molecule has 0 bridgehead atoms. The molecule has 4 fully saturated rings. The first-order chi connectivity index (χ1) is 19.9. The molecule has 2 saturated carbocycles. The van der Waals surface area contributed by atoms with Gasteiger partial charge in [-0.3, -0.25) is 0 Å². The fourth-order valence-electron chi connectivity index (χ4n) is 8.69. The molecular formula is C32H56O11. The van der Waals surface area contributed by atoms with Crippen LogP contribution in [-0.2, 0) is 18.9 Å². The van der Waals surface area contributed by atoms with Gasteiger partial charge in [0.2, 0.25) is 0 Å². The van der Waals surface area contributed by atoms with Crippen molar-refractivity contribution in [3.8, 4) is 0 Å². The number of fused-ring (bicyclic) bond motifs is 1. The standard InChI is InChI=1S/C32H56O11/c1-8-30(5,14-10-20-31(6)13-9-12-29(4,16-33)19(31)11-15-32(20,7)39)43-28-26(24(37)22(35)18(3)41-28)42-27-25(38)23(36)21(34)17(2)40-27/h8,17-28,33-39H,1,9-16H2,2-7H3. The highest BCUT2D eigenvalue weighted by atomic mass is 16.8. The predicted molar refractivity (Wildman–Crippen MR) is 156 cm³/mol. The van der Waals surface area contributed by atoms with Gasteiger partial charge in [-0.25, -0.2) is 0 Å². The van der Waals surface area contributed by atoms with E-state index in [-0.39, 0.29) is 29.3 Å². The van der Waals surface area contributed by atoms with Crippen LogP contribution < -0.4 is 0 Å². The van der Waals surface area contributed by atoms with Crippen molar-refractivity contribution in [2.45, 2.75) is 159 Å². The Labute approximate surface area is 255 Å². The Morgan fingerprint density at radius 2 is 1.49 bits per heavy atom. The first-order valence-corrected chi connectivity index (χ1v) is 15.9. The number of ether oxygens (including phenoxy) is 4. The fraction of sp³-hybridized carbons (Fsp3) is 0.938. The van der Waals surface area contributed by atoms with Gasteiger partial charge in [0.05, 0.1) is 23.4 Å². The van der Waals surface area contributed by atoms with Crippen molar-refractivity contribution < 1.29 is 54.7 Å². The lowest BCUT2D eigenvalue weighted by Gasteiger charge is -2.62. The zero-order valence-corrected chi connectivity index (χ0v) is 26.6. The summed E-state index contributed by atoms with van der Waals surface area (Å²) in [6.07, 6.45) is -5.80. The van der Waals surface area contributed by atoms with Gasteiger partial charge in [0.15, 0.2) is 12.6 Å². The van der Waals surface area contributed by atoms with Gasteiger partial charge in [-0.1, -0.05) is 26.3 Å². The van der Waals surface area contributed by atoms with Gasteiger partial charge in [-0.2, -0.15) is 0 Å². The minimum Gasteiger partial charge on any atom is -0.396 e. The summed E-state index contributed by atoms with van der Waals surface area (Å²) in [6, 6.07) is 0. The van der Waals surface area contributed by atoms with Crippen molar-refractivity contribution in [2.75, 3.05) is 6.61 Å². The van der Waals surface area contributed by atoms with E-state index in [0.717, 1.165) is 25.7 Å². The summed E-state index contributed by atoms with van der Waals surface area (Å²) in [5.41, 5.74) is -2.28. The summed E-state index contributed by atoms with van der Waals surface area (Å²) in [7, 11) is 0. The largest absolute Gasteiger partial charge is 0.396 e. The summed E-state index contributed by atoms with van der Waals surface area (Å²) in [4.78, 5) is 0. The molecule has 0 amide bonds. The SMILES string of the molecule is C=CC(C)(CCC1C(C)(O)CCC2C(C)(CO)CCCC12C)OC1OC(C)C(O)C(O)C1OC1OC(C)C(O)C(O)C1O. The number of hydrogen-bond acceptors (Lipinski definition) is 11. The van der Waals surface area contributed by atoms with E-state index in [1.807, 2.05) is 13.8 Å². The molecule has 11 heteroatoms. The molecule has 16 atom stereocenters. The number of aliphatic hydroxyl groups excluding tert-OH is 6. The van der Waals surface area contributed by atoms with Crippen LogP contribution in [0.2, 0.25) is 0 Å². The lowest BCUT2D eigenvalue weighted by atomic mass is 9.44. The molecule has 2 saturated heterocycles. The van der Waals surface area contributed by atoms with E-state index in [2.05, 4.69) is 20.4 Å². The van der Waals surface area contributed by atoms with Crippen LogP contribution >= 0.6 is 0 Å². The van der Waals surface area contributed by atoms with Gasteiger partial charge in [0.25, 0.3) is 0 Å². The van der Waals surface area contributed by atoms with Gasteiger partial charge in [0, 0.05) is 6.61 Å². The van der Waals surface area contributed by atoms with E-state index in [4.69, 9.17) is 18.9 Å². The number of aliphatic hydroxyl groups is 7. The minimum atomic E-state index is -1.62. The lowest BCUT2D eigenvalue weighted by Crippen LogP contribution is -2.64. The van der Waals surface area contributed by atoms with Crippen molar-refractivity contribution >= 4 is 0 Å². The Balaban J connectivity index is 1.54. The van der Waals surface area contributed by atoms with Crippen molar-refractivity contribution in [1.82, 2.24) is 0 Å². The predicted octanol–water partition coefficient (Wildman–Crippen LogP) is 1.37. The second-order valence-corrected chi connectivity index (χ2v) is 14.8. The highest BCUT2D eigenvalue weighted by molar-refractivity contribution is 5.09. The first-order valence-electron chi connectivity index (χ1n) is 15.9. The molecule has 11 nitrogen and oxygen atoms in total. The van der Waals surface area contributed by atoms with E-state index in [1.165, 1.54) is 6.92 Å². The zero-order valence-electron chi connectivity index (χ0n) is 26.6. The molecule has 0 spiro atoms. The molecule has 16 unspecified atom stereocenters. The van der Waals surface area contributed by atoms with Crippen LogP contribution in [-0.4, -0.2) is 115 Å². The van der Waals surface area contributed by atoms with E-state index in [1.54, 1.807) is 13.0 Å². The van der Waals surface area contributed by atoms with Crippen LogP contribution in [0.3, 0.4) is 0 Å². The molecule has 43 heavy (non-hydrogen) atoms. The fourth-order valence-corrected chi connectivity index (χ4v) is 8.69. The Kier molecular flexibility index (Phi) is 10.5. The number of rotatable bonds is 9. The normalized spacial score (nSPS) is 52.2. The summed E-state index contributed by atoms with van der Waals surface area (Å²) in [5, 5.41) is 74.5. The molecule has 250 valence electrons. The molecule has 0 aromatic heterocycles. The summed E-state index contributed by atoms with van der Waals surface area (Å²) in [6.45, 7) is 15.4. The van der Waals surface area contributed by atoms with Crippen molar-refractivity contribution in [3.63, 3.8) is 0 Å². The third-order valence-corrected chi connectivity index (χ3v) is 11.6. The molecule has 4 aliphatic rings. The monoisotopic (exact) mass is 616 g/mol. The Bertz CT molecular complexity index is 964. The zero-order chi connectivity index (χ0) is 32.1. The Hall–Kier alpha value is -0.700. The van der Waals surface area contributed by atoms with E-state index < -0.39 is 72.6 Å². The maximum absolute atomic E-state index is 11.7. The van der Waals surface area contributed by atoms with Crippen molar-refractivity contribution in [3.05, 3.63) is 12.7 Å². The summed E-state index contributed by atoms with van der Waals surface area (Å²) < 4.78 is 23.9.